The van der Waals surface area contributed by atoms with Crippen molar-refractivity contribution >= 4 is 0 Å². The fourth-order valence-electron chi connectivity index (χ4n) is 0.972. The number of rotatable bonds is 2. The molecule has 0 amide bonds. The van der Waals surface area contributed by atoms with E-state index in [9.17, 15) is 0 Å². The minimum Gasteiger partial charge on any atom is -0.324 e. The first-order valence-corrected chi connectivity index (χ1v) is 3.78. The topological polar surface area (TPSA) is 82.5 Å². The van der Waals surface area contributed by atoms with E-state index in [1.807, 2.05) is 0 Å². The molecule has 0 bridgehead atoms. The van der Waals surface area contributed by atoms with E-state index < -0.39 is 0 Å². The molecule has 6 nitrogen and oxygen atoms in total. The fourth-order valence-corrected chi connectivity index (χ4v) is 0.972. The van der Waals surface area contributed by atoms with Crippen LogP contribution in [0.3, 0.4) is 0 Å². The summed E-state index contributed by atoms with van der Waals surface area (Å²) in [5, 5.41) is 3.96. The lowest BCUT2D eigenvalue weighted by atomic mass is 10.6. The number of nitrogens with zero attached hydrogens (tertiary/aromatic N) is 5. The number of hydrogen-bond acceptors (Lipinski definition) is 5. The molecule has 66 valence electrons. The van der Waals surface area contributed by atoms with Gasteiger partial charge in [0.25, 0.3) is 5.95 Å². The van der Waals surface area contributed by atoms with Crippen LogP contribution in [0.4, 0.5) is 0 Å². The number of aromatic nitrogens is 5. The highest BCUT2D eigenvalue weighted by molar-refractivity contribution is 5.09. The first-order chi connectivity index (χ1) is 6.42. The quantitative estimate of drug-likeness (QED) is 0.668. The monoisotopic (exact) mass is 176 g/mol. The molecular weight excluding hydrogens is 168 g/mol. The SMILES string of the molecule is NCc1ncnn1-c1ncccn1. The Morgan fingerprint density at radius 1 is 1.23 bits per heavy atom. The van der Waals surface area contributed by atoms with Gasteiger partial charge in [-0.2, -0.15) is 9.78 Å². The molecule has 6 heteroatoms. The Balaban J connectivity index is 2.47. The van der Waals surface area contributed by atoms with Crippen molar-refractivity contribution in [1.29, 1.82) is 0 Å². The molecule has 0 fully saturated rings. The van der Waals surface area contributed by atoms with Gasteiger partial charge < -0.3 is 5.73 Å². The third-order valence-electron chi connectivity index (χ3n) is 1.54. The summed E-state index contributed by atoms with van der Waals surface area (Å²) in [5.74, 6) is 1.13. The Bertz CT molecular complexity index is 381. The molecule has 0 radical (unpaired) electrons. The zero-order valence-electron chi connectivity index (χ0n) is 6.83. The maximum absolute atomic E-state index is 5.45. The second kappa shape index (κ2) is 3.28. The van der Waals surface area contributed by atoms with Crippen molar-refractivity contribution < 1.29 is 0 Å². The summed E-state index contributed by atoms with van der Waals surface area (Å²) in [6.45, 7) is 0.318. The number of hydrogen-bond donors (Lipinski definition) is 1. The van der Waals surface area contributed by atoms with E-state index in [0.29, 0.717) is 18.3 Å². The van der Waals surface area contributed by atoms with Crippen LogP contribution in [0.1, 0.15) is 5.82 Å². The fraction of sp³-hybridized carbons (Fsp3) is 0.143. The normalized spacial score (nSPS) is 10.2. The molecule has 0 spiro atoms. The molecule has 2 heterocycles. The average Bonchev–Trinajstić information content (AvgIpc) is 2.67. The van der Waals surface area contributed by atoms with Gasteiger partial charge in [-0.3, -0.25) is 0 Å². The molecule has 0 unspecified atom stereocenters. The molecule has 0 aromatic carbocycles. The molecule has 2 aromatic heterocycles. The van der Waals surface area contributed by atoms with Crippen molar-refractivity contribution in [1.82, 2.24) is 24.7 Å². The molecule has 0 aliphatic heterocycles. The van der Waals surface area contributed by atoms with Crippen molar-refractivity contribution in [3.8, 4) is 5.95 Å². The molecule has 13 heavy (non-hydrogen) atoms. The van der Waals surface area contributed by atoms with Crippen molar-refractivity contribution in [3.63, 3.8) is 0 Å². The van der Waals surface area contributed by atoms with Crippen LogP contribution in [-0.4, -0.2) is 24.7 Å². The summed E-state index contributed by atoms with van der Waals surface area (Å²) in [4.78, 5) is 12.0. The van der Waals surface area contributed by atoms with Gasteiger partial charge in [0.15, 0.2) is 0 Å². The smallest absolute Gasteiger partial charge is 0.252 e. The van der Waals surface area contributed by atoms with E-state index in [-0.39, 0.29) is 0 Å². The lowest BCUT2D eigenvalue weighted by Gasteiger charge is -1.99. The highest BCUT2D eigenvalue weighted by atomic mass is 15.4. The van der Waals surface area contributed by atoms with Gasteiger partial charge in [0.05, 0.1) is 6.54 Å². The molecule has 0 saturated heterocycles. The van der Waals surface area contributed by atoms with E-state index in [2.05, 4.69) is 20.1 Å². The predicted octanol–water partition coefficient (Wildman–Crippen LogP) is -0.484. The summed E-state index contributed by atoms with van der Waals surface area (Å²) >= 11 is 0. The van der Waals surface area contributed by atoms with Crippen LogP contribution < -0.4 is 5.73 Å². The van der Waals surface area contributed by atoms with Crippen LogP contribution in [0.25, 0.3) is 5.95 Å². The van der Waals surface area contributed by atoms with Crippen molar-refractivity contribution in [3.05, 3.63) is 30.6 Å². The van der Waals surface area contributed by atoms with Crippen LogP contribution >= 0.6 is 0 Å². The maximum Gasteiger partial charge on any atom is 0.252 e. The number of nitrogens with two attached hydrogens (primary N) is 1. The zero-order chi connectivity index (χ0) is 9.10. The maximum atomic E-state index is 5.45. The molecule has 0 aliphatic carbocycles. The van der Waals surface area contributed by atoms with E-state index in [4.69, 9.17) is 5.73 Å². The van der Waals surface area contributed by atoms with Gasteiger partial charge in [-0.1, -0.05) is 0 Å². The van der Waals surface area contributed by atoms with Gasteiger partial charge in [-0.25, -0.2) is 15.0 Å². The van der Waals surface area contributed by atoms with Crippen LogP contribution in [-0.2, 0) is 6.54 Å². The van der Waals surface area contributed by atoms with E-state index in [0.717, 1.165) is 0 Å². The lowest BCUT2D eigenvalue weighted by molar-refractivity contribution is 0.743. The van der Waals surface area contributed by atoms with E-state index in [1.54, 1.807) is 18.5 Å². The molecule has 0 atom stereocenters. The third-order valence-corrected chi connectivity index (χ3v) is 1.54. The molecular formula is C7H8N6. The van der Waals surface area contributed by atoms with Gasteiger partial charge in [0.2, 0.25) is 0 Å². The summed E-state index contributed by atoms with van der Waals surface area (Å²) in [7, 11) is 0. The minimum atomic E-state index is 0.318. The van der Waals surface area contributed by atoms with Gasteiger partial charge in [-0.15, -0.1) is 0 Å². The van der Waals surface area contributed by atoms with Gasteiger partial charge in [0, 0.05) is 12.4 Å². The minimum absolute atomic E-state index is 0.318. The summed E-state index contributed by atoms with van der Waals surface area (Å²) in [6.07, 6.45) is 4.72. The van der Waals surface area contributed by atoms with Gasteiger partial charge >= 0.3 is 0 Å². The van der Waals surface area contributed by atoms with Gasteiger partial charge in [0.1, 0.15) is 12.2 Å². The zero-order valence-corrected chi connectivity index (χ0v) is 6.83. The van der Waals surface area contributed by atoms with E-state index in [1.165, 1.54) is 11.0 Å². The second-order valence-electron chi connectivity index (χ2n) is 2.34. The Kier molecular flexibility index (Phi) is 1.97. The van der Waals surface area contributed by atoms with E-state index >= 15 is 0 Å². The lowest BCUT2D eigenvalue weighted by Crippen LogP contribution is -2.10. The van der Waals surface area contributed by atoms with Gasteiger partial charge in [-0.05, 0) is 6.07 Å². The summed E-state index contributed by atoms with van der Waals surface area (Å²) < 4.78 is 1.51. The van der Waals surface area contributed by atoms with Crippen LogP contribution in [0, 0.1) is 0 Å². The first kappa shape index (κ1) is 7.81. The second-order valence-corrected chi connectivity index (χ2v) is 2.34. The largest absolute Gasteiger partial charge is 0.324 e. The summed E-state index contributed by atoms with van der Waals surface area (Å²) in [6, 6.07) is 1.74. The Hall–Kier alpha value is -1.82. The molecule has 2 N–H and O–H groups in total. The van der Waals surface area contributed by atoms with Crippen LogP contribution in [0.15, 0.2) is 24.8 Å². The van der Waals surface area contributed by atoms with Crippen molar-refractivity contribution in [2.45, 2.75) is 6.54 Å². The summed E-state index contributed by atoms with van der Waals surface area (Å²) in [5.41, 5.74) is 5.45. The molecule has 0 aliphatic rings. The highest BCUT2D eigenvalue weighted by Gasteiger charge is 2.05. The Morgan fingerprint density at radius 3 is 2.69 bits per heavy atom. The van der Waals surface area contributed by atoms with Crippen molar-refractivity contribution in [2.75, 3.05) is 0 Å². The highest BCUT2D eigenvalue weighted by Crippen LogP contribution is 1.99. The average molecular weight is 176 g/mol. The first-order valence-electron chi connectivity index (χ1n) is 3.78. The third kappa shape index (κ3) is 1.38. The van der Waals surface area contributed by atoms with Crippen LogP contribution in [0.5, 0.6) is 0 Å². The molecule has 2 aromatic rings. The standard InChI is InChI=1S/C7H8N6/c8-4-6-11-5-12-13(6)7-9-2-1-3-10-7/h1-3,5H,4,8H2. The van der Waals surface area contributed by atoms with Crippen molar-refractivity contribution in [2.24, 2.45) is 5.73 Å². The Morgan fingerprint density at radius 2 is 2.00 bits per heavy atom. The molecule has 2 rings (SSSR count). The Labute approximate surface area is 74.5 Å². The van der Waals surface area contributed by atoms with Crippen LogP contribution in [0.2, 0.25) is 0 Å². The predicted molar refractivity (Wildman–Crippen MR) is 44.8 cm³/mol. The molecule has 0 saturated carbocycles.